The molecule has 0 radical (unpaired) electrons. The number of ether oxygens (including phenoxy) is 2. The van der Waals surface area contributed by atoms with Crippen LogP contribution in [0, 0.1) is 0 Å². The van der Waals surface area contributed by atoms with Gasteiger partial charge < -0.3 is 14.4 Å². The van der Waals surface area contributed by atoms with Gasteiger partial charge in [-0.1, -0.05) is 48.5 Å². The topological polar surface area (TPSA) is 80.2 Å². The Labute approximate surface area is 205 Å². The monoisotopic (exact) mass is 497 g/mol. The van der Waals surface area contributed by atoms with Gasteiger partial charge >= 0.3 is 18.2 Å². The van der Waals surface area contributed by atoms with Crippen molar-refractivity contribution in [2.45, 2.75) is 18.4 Å². The second kappa shape index (κ2) is 10.5. The first kappa shape index (κ1) is 24.8. The molecule has 2 unspecified atom stereocenters. The fraction of sp³-hybridized carbons (Fsp3) is 0.192. The van der Waals surface area contributed by atoms with Gasteiger partial charge in [-0.25, -0.2) is 9.79 Å². The first-order chi connectivity index (χ1) is 17.2. The van der Waals surface area contributed by atoms with Gasteiger partial charge in [0.2, 0.25) is 5.90 Å². The van der Waals surface area contributed by atoms with Crippen molar-refractivity contribution in [3.8, 4) is 0 Å². The van der Waals surface area contributed by atoms with Gasteiger partial charge in [-0.05, 0) is 42.0 Å². The van der Waals surface area contributed by atoms with Gasteiger partial charge in [0.1, 0.15) is 0 Å². The van der Waals surface area contributed by atoms with Gasteiger partial charge in [-0.15, -0.1) is 0 Å². The summed E-state index contributed by atoms with van der Waals surface area (Å²) in [5, 5.41) is 2.66. The minimum absolute atomic E-state index is 0.0656. The van der Waals surface area contributed by atoms with E-state index >= 15 is 0 Å². The zero-order valence-corrected chi connectivity index (χ0v) is 19.1. The van der Waals surface area contributed by atoms with E-state index in [9.17, 15) is 22.8 Å². The predicted octanol–water partition coefficient (Wildman–Crippen LogP) is 5.35. The molecule has 10 heteroatoms. The number of aliphatic imine (C=N–C) groups is 1. The second-order valence-electron chi connectivity index (χ2n) is 7.94. The summed E-state index contributed by atoms with van der Waals surface area (Å²) >= 11 is 0. The Morgan fingerprint density at radius 2 is 1.58 bits per heavy atom. The third-order valence-electron chi connectivity index (χ3n) is 5.45. The fourth-order valence-electron chi connectivity index (χ4n) is 3.63. The van der Waals surface area contributed by atoms with Crippen molar-refractivity contribution in [2.75, 3.05) is 23.8 Å². The Morgan fingerprint density at radius 3 is 2.19 bits per heavy atom. The predicted molar refractivity (Wildman–Crippen MR) is 128 cm³/mol. The maximum absolute atomic E-state index is 12.7. The normalized spacial score (nSPS) is 17.4. The molecule has 7 nitrogen and oxygen atoms in total. The quantitative estimate of drug-likeness (QED) is 0.516. The minimum Gasteiger partial charge on any atom is -0.465 e. The highest BCUT2D eigenvalue weighted by atomic mass is 19.4. The Balaban J connectivity index is 1.52. The Bertz CT molecular complexity index is 1230. The van der Waals surface area contributed by atoms with Crippen LogP contribution in [0.1, 0.15) is 17.2 Å². The number of para-hydroxylation sites is 1. The van der Waals surface area contributed by atoms with Gasteiger partial charge in [-0.2, -0.15) is 13.2 Å². The molecule has 1 aliphatic heterocycles. The molecule has 0 aliphatic carbocycles. The van der Waals surface area contributed by atoms with Crippen molar-refractivity contribution >= 4 is 29.3 Å². The lowest BCUT2D eigenvalue weighted by molar-refractivity contribution is -0.170. The standard InChI is InChI=1S/C26H22F3N3O4/c1-32(24(33)26(27,28)29)20-14-12-18(13-15-20)23-30-16-21(22(36-23)17-8-4-2-5-9-17)35-25(34)31-19-10-6-3-7-11-19/h2-15,21-22H,16H2,1H3,(H,31,34). The summed E-state index contributed by atoms with van der Waals surface area (Å²) in [4.78, 5) is 28.9. The number of carbonyl (C=O) groups excluding carboxylic acids is 2. The highest BCUT2D eigenvalue weighted by Crippen LogP contribution is 2.30. The molecular formula is C26H22F3N3O4. The first-order valence-corrected chi connectivity index (χ1v) is 11.0. The van der Waals surface area contributed by atoms with Crippen LogP contribution in [0.3, 0.4) is 0 Å². The van der Waals surface area contributed by atoms with Crippen LogP contribution in [-0.4, -0.2) is 43.8 Å². The van der Waals surface area contributed by atoms with Crippen molar-refractivity contribution < 1.29 is 32.2 Å². The molecule has 186 valence electrons. The maximum atomic E-state index is 12.7. The van der Waals surface area contributed by atoms with E-state index in [1.54, 1.807) is 24.3 Å². The summed E-state index contributed by atoms with van der Waals surface area (Å²) in [6.45, 7) is 0.102. The van der Waals surface area contributed by atoms with Crippen LogP contribution in [0.25, 0.3) is 0 Å². The van der Waals surface area contributed by atoms with E-state index in [-0.39, 0.29) is 18.1 Å². The number of halogens is 3. The molecule has 0 fully saturated rings. The molecule has 36 heavy (non-hydrogen) atoms. The van der Waals surface area contributed by atoms with E-state index < -0.39 is 30.4 Å². The summed E-state index contributed by atoms with van der Waals surface area (Å²) in [7, 11) is 1.05. The van der Waals surface area contributed by atoms with E-state index in [4.69, 9.17) is 9.47 Å². The molecule has 1 heterocycles. The van der Waals surface area contributed by atoms with E-state index in [1.165, 1.54) is 24.3 Å². The van der Waals surface area contributed by atoms with E-state index in [0.29, 0.717) is 16.2 Å². The molecule has 0 aromatic heterocycles. The van der Waals surface area contributed by atoms with Crippen molar-refractivity contribution in [1.82, 2.24) is 0 Å². The van der Waals surface area contributed by atoms with Gasteiger partial charge in [0.05, 0.1) is 6.54 Å². The number of anilines is 2. The van der Waals surface area contributed by atoms with Crippen LogP contribution in [-0.2, 0) is 14.3 Å². The summed E-state index contributed by atoms with van der Waals surface area (Å²) in [6, 6.07) is 23.8. The van der Waals surface area contributed by atoms with E-state index in [1.807, 2.05) is 36.4 Å². The summed E-state index contributed by atoms with van der Waals surface area (Å²) in [5.41, 5.74) is 1.90. The molecular weight excluding hydrogens is 475 g/mol. The third kappa shape index (κ3) is 5.83. The largest absolute Gasteiger partial charge is 0.471 e. The minimum atomic E-state index is -4.98. The van der Waals surface area contributed by atoms with Crippen molar-refractivity contribution in [1.29, 1.82) is 0 Å². The zero-order valence-electron chi connectivity index (χ0n) is 19.1. The highest BCUT2D eigenvalue weighted by molar-refractivity contribution is 5.98. The van der Waals surface area contributed by atoms with Crippen LogP contribution in [0.2, 0.25) is 0 Å². The van der Waals surface area contributed by atoms with Crippen molar-refractivity contribution in [2.24, 2.45) is 4.99 Å². The molecule has 1 aliphatic rings. The lowest BCUT2D eigenvalue weighted by atomic mass is 10.0. The van der Waals surface area contributed by atoms with E-state index in [2.05, 4.69) is 10.3 Å². The molecule has 4 rings (SSSR count). The fourth-order valence-corrected chi connectivity index (χ4v) is 3.63. The second-order valence-corrected chi connectivity index (χ2v) is 7.94. The number of nitrogens with one attached hydrogen (secondary N) is 1. The van der Waals surface area contributed by atoms with Crippen LogP contribution in [0.15, 0.2) is 89.9 Å². The number of benzene rings is 3. The number of alkyl halides is 3. The van der Waals surface area contributed by atoms with Crippen molar-refractivity contribution in [3.63, 3.8) is 0 Å². The van der Waals surface area contributed by atoms with Crippen LogP contribution in [0.5, 0.6) is 0 Å². The highest BCUT2D eigenvalue weighted by Gasteiger charge is 2.41. The van der Waals surface area contributed by atoms with Gasteiger partial charge in [0, 0.05) is 24.0 Å². The number of rotatable bonds is 5. The maximum Gasteiger partial charge on any atom is 0.471 e. The van der Waals surface area contributed by atoms with Gasteiger partial charge in [-0.3, -0.25) is 10.1 Å². The van der Waals surface area contributed by atoms with Crippen LogP contribution in [0.4, 0.5) is 29.3 Å². The molecule has 2 amide bonds. The van der Waals surface area contributed by atoms with Gasteiger partial charge in [0.25, 0.3) is 0 Å². The summed E-state index contributed by atoms with van der Waals surface area (Å²) in [6.07, 6.45) is -7.03. The average molecular weight is 497 g/mol. The number of amides is 2. The lowest BCUT2D eigenvalue weighted by Gasteiger charge is -2.31. The molecule has 3 aromatic carbocycles. The van der Waals surface area contributed by atoms with Gasteiger partial charge in [0.15, 0.2) is 12.2 Å². The number of hydrogen-bond donors (Lipinski definition) is 1. The molecule has 0 saturated heterocycles. The third-order valence-corrected chi connectivity index (χ3v) is 5.45. The average Bonchev–Trinajstić information content (AvgIpc) is 2.88. The zero-order chi connectivity index (χ0) is 25.7. The van der Waals surface area contributed by atoms with Crippen LogP contribution < -0.4 is 10.2 Å². The van der Waals surface area contributed by atoms with Crippen LogP contribution >= 0.6 is 0 Å². The number of hydrogen-bond acceptors (Lipinski definition) is 5. The molecule has 0 spiro atoms. The Hall–Kier alpha value is -4.34. The summed E-state index contributed by atoms with van der Waals surface area (Å²) < 4.78 is 49.9. The first-order valence-electron chi connectivity index (χ1n) is 11.0. The molecule has 2 atom stereocenters. The summed E-state index contributed by atoms with van der Waals surface area (Å²) in [5.74, 6) is -1.73. The SMILES string of the molecule is CN(C(=O)C(F)(F)F)c1ccc(C2=NCC(OC(=O)Nc3ccccc3)C(c3ccccc3)O2)cc1. The Kier molecular flexibility index (Phi) is 7.23. The lowest BCUT2D eigenvalue weighted by Crippen LogP contribution is -2.38. The number of nitrogens with zero attached hydrogens (tertiary/aromatic N) is 2. The smallest absolute Gasteiger partial charge is 0.465 e. The number of carbonyl (C=O) groups is 2. The van der Waals surface area contributed by atoms with E-state index in [0.717, 1.165) is 12.6 Å². The molecule has 3 aromatic rings. The Morgan fingerprint density at radius 1 is 0.972 bits per heavy atom. The molecule has 0 saturated carbocycles. The molecule has 0 bridgehead atoms. The molecule has 1 N–H and O–H groups in total. The van der Waals surface area contributed by atoms with Crippen molar-refractivity contribution in [3.05, 3.63) is 96.1 Å².